The molecule has 1 heterocycles. The van der Waals surface area contributed by atoms with Gasteiger partial charge in [0, 0.05) is 12.4 Å². The Morgan fingerprint density at radius 2 is 2.64 bits per heavy atom. The van der Waals surface area contributed by atoms with Crippen LogP contribution in [-0.2, 0) is 4.74 Å². The summed E-state index contributed by atoms with van der Waals surface area (Å²) in [7, 11) is 1.71. The third kappa shape index (κ3) is 2.63. The second-order valence-corrected chi connectivity index (χ2v) is 4.13. The number of hydrazine groups is 1. The quantitative estimate of drug-likeness (QED) is 0.479. The van der Waals surface area contributed by atoms with E-state index >= 15 is 0 Å². The lowest BCUT2D eigenvalue weighted by Crippen LogP contribution is -2.44. The summed E-state index contributed by atoms with van der Waals surface area (Å²) in [5.41, 5.74) is 2.80. The van der Waals surface area contributed by atoms with Gasteiger partial charge >= 0.3 is 0 Å². The van der Waals surface area contributed by atoms with E-state index in [2.05, 4.69) is 5.43 Å². The van der Waals surface area contributed by atoms with Gasteiger partial charge in [0.15, 0.2) is 0 Å². The Balaban J connectivity index is 2.27. The van der Waals surface area contributed by atoms with Crippen LogP contribution in [0, 0.1) is 0 Å². The zero-order valence-electron chi connectivity index (χ0n) is 6.88. The fourth-order valence-corrected chi connectivity index (χ4v) is 2.72. The van der Waals surface area contributed by atoms with Gasteiger partial charge in [-0.05, 0) is 18.6 Å². The first-order valence-corrected chi connectivity index (χ1v) is 5.00. The van der Waals surface area contributed by atoms with Crippen LogP contribution in [0.15, 0.2) is 0 Å². The minimum absolute atomic E-state index is 0.326. The first-order chi connectivity index (χ1) is 5.38. The number of nitrogens with two attached hydrogens (primary N) is 1. The molecule has 66 valence electrons. The van der Waals surface area contributed by atoms with Crippen LogP contribution in [0.25, 0.3) is 0 Å². The number of methoxy groups -OCH3 is 1. The maximum absolute atomic E-state index is 5.40. The summed E-state index contributed by atoms with van der Waals surface area (Å²) in [5.74, 6) is 6.67. The zero-order valence-corrected chi connectivity index (χ0v) is 7.69. The molecule has 3 N–H and O–H groups in total. The summed E-state index contributed by atoms with van der Waals surface area (Å²) in [6.45, 7) is 0.716. The molecule has 0 aromatic rings. The van der Waals surface area contributed by atoms with Gasteiger partial charge in [0.25, 0.3) is 0 Å². The first kappa shape index (κ1) is 9.32. The molecule has 0 aliphatic carbocycles. The summed E-state index contributed by atoms with van der Waals surface area (Å²) < 4.78 is 5.05. The van der Waals surface area contributed by atoms with Gasteiger partial charge in [0.1, 0.15) is 0 Å². The highest BCUT2D eigenvalue weighted by atomic mass is 32.2. The average Bonchev–Trinajstić information content (AvgIpc) is 2.52. The lowest BCUT2D eigenvalue weighted by atomic mass is 10.1. The minimum Gasteiger partial charge on any atom is -0.383 e. The highest BCUT2D eigenvalue weighted by Gasteiger charge is 2.24. The second-order valence-electron chi connectivity index (χ2n) is 2.78. The molecule has 2 unspecified atom stereocenters. The molecule has 4 heteroatoms. The van der Waals surface area contributed by atoms with Crippen molar-refractivity contribution in [2.45, 2.75) is 24.1 Å². The molecule has 1 aliphatic rings. The number of ether oxygens (including phenoxy) is 1. The molecule has 1 fully saturated rings. The maximum atomic E-state index is 5.40. The van der Waals surface area contributed by atoms with Gasteiger partial charge in [-0.1, -0.05) is 0 Å². The molecule has 1 saturated heterocycles. The van der Waals surface area contributed by atoms with Gasteiger partial charge in [-0.25, -0.2) is 0 Å². The number of thioether (sulfide) groups is 1. The van der Waals surface area contributed by atoms with E-state index in [0.29, 0.717) is 17.9 Å². The fraction of sp³-hybridized carbons (Fsp3) is 1.00. The predicted octanol–water partition coefficient (Wildman–Crippen LogP) is 0.360. The topological polar surface area (TPSA) is 47.3 Å². The van der Waals surface area contributed by atoms with Crippen LogP contribution in [0.4, 0.5) is 0 Å². The van der Waals surface area contributed by atoms with Gasteiger partial charge < -0.3 is 4.74 Å². The Bertz CT molecular complexity index is 107. The highest BCUT2D eigenvalue weighted by Crippen LogP contribution is 2.28. The van der Waals surface area contributed by atoms with Crippen molar-refractivity contribution in [1.29, 1.82) is 0 Å². The van der Waals surface area contributed by atoms with Crippen LogP contribution in [0.1, 0.15) is 12.8 Å². The molecular formula is C7H16N2OS. The van der Waals surface area contributed by atoms with Crippen molar-refractivity contribution in [2.75, 3.05) is 19.5 Å². The normalized spacial score (nSPS) is 27.3. The van der Waals surface area contributed by atoms with Crippen molar-refractivity contribution in [3.05, 3.63) is 0 Å². The maximum Gasteiger partial charge on any atom is 0.0640 e. The summed E-state index contributed by atoms with van der Waals surface area (Å²) in [5, 5.41) is 0.653. The molecule has 0 spiro atoms. The van der Waals surface area contributed by atoms with Crippen molar-refractivity contribution >= 4 is 11.8 Å². The molecule has 0 amide bonds. The van der Waals surface area contributed by atoms with Crippen LogP contribution < -0.4 is 11.3 Å². The number of nitrogens with one attached hydrogen (secondary N) is 1. The van der Waals surface area contributed by atoms with E-state index in [1.165, 1.54) is 18.6 Å². The molecular weight excluding hydrogens is 160 g/mol. The van der Waals surface area contributed by atoms with Crippen molar-refractivity contribution in [2.24, 2.45) is 5.84 Å². The third-order valence-electron chi connectivity index (χ3n) is 1.97. The lowest BCUT2D eigenvalue weighted by molar-refractivity contribution is 0.164. The summed E-state index contributed by atoms with van der Waals surface area (Å²) in [4.78, 5) is 0. The van der Waals surface area contributed by atoms with E-state index in [9.17, 15) is 0 Å². The molecule has 1 aliphatic heterocycles. The molecule has 3 nitrogen and oxygen atoms in total. The van der Waals surface area contributed by atoms with E-state index in [0.717, 1.165) is 0 Å². The molecule has 0 bridgehead atoms. The van der Waals surface area contributed by atoms with Crippen molar-refractivity contribution in [1.82, 2.24) is 5.43 Å². The fourth-order valence-electron chi connectivity index (χ4n) is 1.36. The largest absolute Gasteiger partial charge is 0.383 e. The number of hydrogen-bond acceptors (Lipinski definition) is 4. The van der Waals surface area contributed by atoms with E-state index in [-0.39, 0.29) is 0 Å². The van der Waals surface area contributed by atoms with E-state index in [1.807, 2.05) is 11.8 Å². The van der Waals surface area contributed by atoms with E-state index in [4.69, 9.17) is 10.6 Å². The Kier molecular flexibility index (Phi) is 4.22. The predicted molar refractivity (Wildman–Crippen MR) is 48.5 cm³/mol. The van der Waals surface area contributed by atoms with Gasteiger partial charge in [-0.3, -0.25) is 11.3 Å². The zero-order chi connectivity index (χ0) is 8.10. The Hall–Kier alpha value is 0.230. The third-order valence-corrected chi connectivity index (χ3v) is 3.49. The van der Waals surface area contributed by atoms with Crippen molar-refractivity contribution in [3.63, 3.8) is 0 Å². The summed E-state index contributed by atoms with van der Waals surface area (Å²) in [6, 6.07) is 0.326. The molecule has 2 atom stereocenters. The van der Waals surface area contributed by atoms with Crippen LogP contribution in [0.3, 0.4) is 0 Å². The SMILES string of the molecule is COCC(NN)C1CCCS1. The molecule has 0 aromatic heterocycles. The monoisotopic (exact) mass is 176 g/mol. The van der Waals surface area contributed by atoms with Crippen molar-refractivity contribution < 1.29 is 4.74 Å². The smallest absolute Gasteiger partial charge is 0.0640 e. The van der Waals surface area contributed by atoms with Gasteiger partial charge in [-0.15, -0.1) is 0 Å². The van der Waals surface area contributed by atoms with E-state index < -0.39 is 0 Å². The van der Waals surface area contributed by atoms with Crippen LogP contribution >= 0.6 is 11.8 Å². The van der Waals surface area contributed by atoms with Crippen LogP contribution in [-0.4, -0.2) is 30.8 Å². The highest BCUT2D eigenvalue weighted by molar-refractivity contribution is 8.00. The first-order valence-electron chi connectivity index (χ1n) is 3.95. The minimum atomic E-state index is 0.326. The number of rotatable bonds is 4. The summed E-state index contributed by atoms with van der Waals surface area (Å²) in [6.07, 6.45) is 2.58. The van der Waals surface area contributed by atoms with Gasteiger partial charge in [0.2, 0.25) is 0 Å². The molecule has 11 heavy (non-hydrogen) atoms. The Morgan fingerprint density at radius 3 is 3.09 bits per heavy atom. The van der Waals surface area contributed by atoms with Crippen molar-refractivity contribution in [3.8, 4) is 0 Å². The lowest BCUT2D eigenvalue weighted by Gasteiger charge is -2.20. The van der Waals surface area contributed by atoms with Gasteiger partial charge in [-0.2, -0.15) is 11.8 Å². The standard InChI is InChI=1S/C7H16N2OS/c1-10-5-6(9-8)7-3-2-4-11-7/h6-7,9H,2-5,8H2,1H3. The molecule has 0 aromatic carbocycles. The molecule has 0 radical (unpaired) electrons. The molecule has 0 saturated carbocycles. The second kappa shape index (κ2) is 4.98. The van der Waals surface area contributed by atoms with E-state index in [1.54, 1.807) is 7.11 Å². The average molecular weight is 176 g/mol. The molecule has 1 rings (SSSR count). The number of hydrogen-bond donors (Lipinski definition) is 2. The summed E-state index contributed by atoms with van der Waals surface area (Å²) >= 11 is 1.99. The Labute approximate surface area is 72.0 Å². The van der Waals surface area contributed by atoms with Crippen LogP contribution in [0.5, 0.6) is 0 Å². The van der Waals surface area contributed by atoms with Crippen LogP contribution in [0.2, 0.25) is 0 Å². The Morgan fingerprint density at radius 1 is 1.82 bits per heavy atom. The van der Waals surface area contributed by atoms with Gasteiger partial charge in [0.05, 0.1) is 12.6 Å².